The number of hydrogen-bond donors (Lipinski definition) is 2. The van der Waals surface area contributed by atoms with E-state index in [-0.39, 0.29) is 6.42 Å². The van der Waals surface area contributed by atoms with Gasteiger partial charge in [0.05, 0.1) is 17.8 Å². The quantitative estimate of drug-likeness (QED) is 0.625. The van der Waals surface area contributed by atoms with E-state index < -0.39 is 23.4 Å². The summed E-state index contributed by atoms with van der Waals surface area (Å²) in [6.07, 6.45) is 1.70. The van der Waals surface area contributed by atoms with Crippen molar-refractivity contribution in [3.8, 4) is 5.69 Å². The molecule has 0 fully saturated rings. The predicted molar refractivity (Wildman–Crippen MR) is 101 cm³/mol. The first kappa shape index (κ1) is 18.3. The van der Waals surface area contributed by atoms with Gasteiger partial charge >= 0.3 is 5.97 Å². The van der Waals surface area contributed by atoms with E-state index in [2.05, 4.69) is 4.72 Å². The van der Waals surface area contributed by atoms with Gasteiger partial charge in [0.25, 0.3) is 0 Å². The molecular formula is C20H20N2O3S. The number of benzene rings is 2. The lowest BCUT2D eigenvalue weighted by molar-refractivity contribution is -0.137. The van der Waals surface area contributed by atoms with Gasteiger partial charge in [0, 0.05) is 17.6 Å². The van der Waals surface area contributed by atoms with Gasteiger partial charge in [-0.1, -0.05) is 35.9 Å². The molecule has 26 heavy (non-hydrogen) atoms. The molecule has 0 saturated carbocycles. The largest absolute Gasteiger partial charge is 0.593 e. The number of carboxylic acid groups (broad SMARTS) is 1. The third-order valence-corrected chi connectivity index (χ3v) is 5.23. The minimum absolute atomic E-state index is 0.172. The molecule has 2 unspecified atom stereocenters. The summed E-state index contributed by atoms with van der Waals surface area (Å²) in [7, 11) is 0. The Balaban J connectivity index is 1.88. The lowest BCUT2D eigenvalue weighted by Gasteiger charge is -2.21. The van der Waals surface area contributed by atoms with Crippen LogP contribution in [0.4, 0.5) is 0 Å². The van der Waals surface area contributed by atoms with Gasteiger partial charge in [-0.15, -0.1) is 4.72 Å². The Kier molecular flexibility index (Phi) is 5.78. The standard InChI is InChI=1S/C20H20N2O3S/c1-15-9-11-17(12-10-15)26(25)21-18(14-20(23)24)19-8-5-13-22(19)16-6-3-2-4-7-16/h2-13,18,21H,14H2,1H3,(H,23,24). The highest BCUT2D eigenvalue weighted by molar-refractivity contribution is 7.89. The SMILES string of the molecule is Cc1ccc([S+]([O-])NC(CC(=O)O)c2cccn2-c2ccccc2)cc1. The van der Waals surface area contributed by atoms with Crippen molar-refractivity contribution in [3.63, 3.8) is 0 Å². The molecule has 0 aliphatic carbocycles. The van der Waals surface area contributed by atoms with Gasteiger partial charge < -0.3 is 14.2 Å². The summed E-state index contributed by atoms with van der Waals surface area (Å²) < 4.78 is 17.6. The second-order valence-electron chi connectivity index (χ2n) is 5.99. The Morgan fingerprint density at radius 1 is 1.12 bits per heavy atom. The molecule has 0 spiro atoms. The zero-order valence-electron chi connectivity index (χ0n) is 14.3. The molecule has 2 atom stereocenters. The highest BCUT2D eigenvalue weighted by Crippen LogP contribution is 2.24. The van der Waals surface area contributed by atoms with Gasteiger partial charge in [0.2, 0.25) is 0 Å². The van der Waals surface area contributed by atoms with E-state index in [4.69, 9.17) is 0 Å². The van der Waals surface area contributed by atoms with E-state index in [9.17, 15) is 14.5 Å². The summed E-state index contributed by atoms with van der Waals surface area (Å²) in [5, 5.41) is 9.32. The summed E-state index contributed by atoms with van der Waals surface area (Å²) in [6.45, 7) is 1.96. The number of carbonyl (C=O) groups is 1. The molecule has 0 aliphatic rings. The Morgan fingerprint density at radius 2 is 1.81 bits per heavy atom. The molecule has 5 nitrogen and oxygen atoms in total. The molecular weight excluding hydrogens is 348 g/mol. The Bertz CT molecular complexity index is 862. The Morgan fingerprint density at radius 3 is 2.46 bits per heavy atom. The van der Waals surface area contributed by atoms with Crippen molar-refractivity contribution in [2.75, 3.05) is 0 Å². The van der Waals surface area contributed by atoms with Crippen LogP contribution in [0, 0.1) is 6.92 Å². The van der Waals surface area contributed by atoms with Gasteiger partial charge in [-0.3, -0.25) is 4.79 Å². The van der Waals surface area contributed by atoms with Crippen molar-refractivity contribution in [1.82, 2.24) is 9.29 Å². The number of aliphatic carboxylic acids is 1. The topological polar surface area (TPSA) is 77.3 Å². The second-order valence-corrected chi connectivity index (χ2v) is 7.23. The van der Waals surface area contributed by atoms with E-state index in [1.54, 1.807) is 12.1 Å². The minimum Gasteiger partial charge on any atom is -0.593 e. The molecule has 3 aromatic rings. The normalized spacial score (nSPS) is 13.3. The molecule has 2 aromatic carbocycles. The number of para-hydroxylation sites is 1. The van der Waals surface area contributed by atoms with Gasteiger partial charge in [-0.2, -0.15) is 0 Å². The van der Waals surface area contributed by atoms with Crippen LogP contribution in [0.25, 0.3) is 5.69 Å². The summed E-state index contributed by atoms with van der Waals surface area (Å²) >= 11 is -1.51. The van der Waals surface area contributed by atoms with Crippen LogP contribution in [0.2, 0.25) is 0 Å². The lowest BCUT2D eigenvalue weighted by Crippen LogP contribution is -2.31. The van der Waals surface area contributed by atoms with E-state index in [1.807, 2.05) is 72.3 Å². The summed E-state index contributed by atoms with van der Waals surface area (Å²) in [6, 6.07) is 20.1. The number of nitrogens with zero attached hydrogens (tertiary/aromatic N) is 1. The molecule has 6 heteroatoms. The van der Waals surface area contributed by atoms with E-state index in [1.165, 1.54) is 0 Å². The van der Waals surface area contributed by atoms with Crippen molar-refractivity contribution in [2.24, 2.45) is 0 Å². The fourth-order valence-corrected chi connectivity index (χ4v) is 3.72. The predicted octanol–water partition coefficient (Wildman–Crippen LogP) is 3.61. The van der Waals surface area contributed by atoms with Gasteiger partial charge in [0.1, 0.15) is 6.04 Å². The van der Waals surface area contributed by atoms with Crippen LogP contribution in [0.15, 0.2) is 77.8 Å². The molecule has 0 amide bonds. The average Bonchev–Trinajstić information content (AvgIpc) is 3.12. The number of rotatable bonds is 7. The summed E-state index contributed by atoms with van der Waals surface area (Å²) in [5.41, 5.74) is 2.75. The number of hydrogen-bond acceptors (Lipinski definition) is 3. The fraction of sp³-hybridized carbons (Fsp3) is 0.150. The van der Waals surface area contributed by atoms with Crippen molar-refractivity contribution >= 4 is 17.3 Å². The van der Waals surface area contributed by atoms with Crippen LogP contribution >= 0.6 is 0 Å². The van der Waals surface area contributed by atoms with E-state index in [0.29, 0.717) is 4.90 Å². The number of carboxylic acids is 1. The van der Waals surface area contributed by atoms with Crippen LogP contribution in [-0.2, 0) is 16.2 Å². The van der Waals surface area contributed by atoms with Crippen LogP contribution in [0.5, 0.6) is 0 Å². The number of aryl methyl sites for hydroxylation is 1. The monoisotopic (exact) mass is 368 g/mol. The van der Waals surface area contributed by atoms with Crippen LogP contribution in [0.1, 0.15) is 23.7 Å². The highest BCUT2D eigenvalue weighted by atomic mass is 32.2. The van der Waals surface area contributed by atoms with Gasteiger partial charge in [-0.25, -0.2) is 0 Å². The smallest absolute Gasteiger partial charge is 0.305 e. The van der Waals surface area contributed by atoms with E-state index >= 15 is 0 Å². The maximum absolute atomic E-state index is 12.7. The van der Waals surface area contributed by atoms with Crippen molar-refractivity contribution in [3.05, 3.63) is 84.2 Å². The maximum Gasteiger partial charge on any atom is 0.305 e. The summed E-state index contributed by atoms with van der Waals surface area (Å²) in [4.78, 5) is 12.0. The van der Waals surface area contributed by atoms with Crippen molar-refractivity contribution in [1.29, 1.82) is 0 Å². The third-order valence-electron chi connectivity index (χ3n) is 4.03. The lowest BCUT2D eigenvalue weighted by atomic mass is 10.1. The van der Waals surface area contributed by atoms with E-state index in [0.717, 1.165) is 16.9 Å². The van der Waals surface area contributed by atoms with Crippen LogP contribution < -0.4 is 4.72 Å². The van der Waals surface area contributed by atoms with Crippen LogP contribution in [-0.4, -0.2) is 20.2 Å². The molecule has 0 aliphatic heterocycles. The zero-order chi connectivity index (χ0) is 18.5. The number of nitrogens with one attached hydrogen (secondary N) is 1. The summed E-state index contributed by atoms with van der Waals surface area (Å²) in [5.74, 6) is -0.954. The first-order valence-electron chi connectivity index (χ1n) is 8.23. The number of aromatic nitrogens is 1. The fourth-order valence-electron chi connectivity index (χ4n) is 2.74. The third kappa shape index (κ3) is 4.35. The molecule has 1 aromatic heterocycles. The molecule has 1 heterocycles. The molecule has 0 radical (unpaired) electrons. The average molecular weight is 368 g/mol. The molecule has 2 N–H and O–H groups in total. The van der Waals surface area contributed by atoms with Crippen molar-refractivity contribution in [2.45, 2.75) is 24.3 Å². The van der Waals surface area contributed by atoms with Gasteiger partial charge in [-0.05, 0) is 43.3 Å². The highest BCUT2D eigenvalue weighted by Gasteiger charge is 2.25. The Labute approximate surface area is 155 Å². The first-order valence-corrected chi connectivity index (χ1v) is 9.38. The zero-order valence-corrected chi connectivity index (χ0v) is 15.1. The van der Waals surface area contributed by atoms with Crippen molar-refractivity contribution < 1.29 is 14.5 Å². The molecule has 0 saturated heterocycles. The molecule has 0 bridgehead atoms. The molecule has 3 rings (SSSR count). The first-order chi connectivity index (χ1) is 12.5. The molecule has 134 valence electrons. The second kappa shape index (κ2) is 8.23. The maximum atomic E-state index is 12.7. The van der Waals surface area contributed by atoms with Crippen LogP contribution in [0.3, 0.4) is 0 Å². The minimum atomic E-state index is -1.51. The Hall–Kier alpha value is -2.54. The van der Waals surface area contributed by atoms with Gasteiger partial charge in [0.15, 0.2) is 4.90 Å².